The Labute approximate surface area is 162 Å². The zero-order valence-corrected chi connectivity index (χ0v) is 16.1. The molecule has 1 heterocycles. The number of rotatable bonds is 8. The molecule has 10 heteroatoms. The zero-order chi connectivity index (χ0) is 20.5. The van der Waals surface area contributed by atoms with Gasteiger partial charge in [-0.3, -0.25) is 24.1 Å². The average molecular weight is 407 g/mol. The first kappa shape index (κ1) is 20.0. The molecule has 0 radical (unpaired) electrons. The van der Waals surface area contributed by atoms with Crippen molar-refractivity contribution in [3.05, 3.63) is 35.4 Å². The van der Waals surface area contributed by atoms with Gasteiger partial charge in [-0.05, 0) is 31.4 Å². The number of hydrogen-bond acceptors (Lipinski definition) is 6. The molecule has 0 unspecified atom stereocenters. The largest absolute Gasteiger partial charge is 0.352 e. The number of imide groups is 1. The highest BCUT2D eigenvalue weighted by atomic mass is 32.2. The molecule has 0 saturated heterocycles. The minimum Gasteiger partial charge on any atom is -0.352 e. The van der Waals surface area contributed by atoms with Crippen molar-refractivity contribution < 1.29 is 27.6 Å². The van der Waals surface area contributed by atoms with Crippen LogP contribution in [0.4, 0.5) is 0 Å². The van der Waals surface area contributed by atoms with Crippen LogP contribution >= 0.6 is 0 Å². The maximum Gasteiger partial charge on any atom is 0.262 e. The molecule has 0 bridgehead atoms. The number of nitrogens with zero attached hydrogens (tertiary/aromatic N) is 1. The van der Waals surface area contributed by atoms with Crippen molar-refractivity contribution in [3.8, 4) is 0 Å². The van der Waals surface area contributed by atoms with E-state index in [9.17, 15) is 27.6 Å². The van der Waals surface area contributed by atoms with E-state index in [1.54, 1.807) is 12.1 Å². The number of hydrogen-bond donors (Lipinski definition) is 2. The van der Waals surface area contributed by atoms with E-state index >= 15 is 0 Å². The van der Waals surface area contributed by atoms with Crippen LogP contribution in [0.25, 0.3) is 0 Å². The normalized spacial score (nSPS) is 17.2. The van der Waals surface area contributed by atoms with Crippen molar-refractivity contribution in [2.75, 3.05) is 18.6 Å². The van der Waals surface area contributed by atoms with Gasteiger partial charge in [-0.1, -0.05) is 12.1 Å². The Bertz CT molecular complexity index is 903. The summed E-state index contributed by atoms with van der Waals surface area (Å²) in [5, 5.41) is 5.11. The van der Waals surface area contributed by atoms with E-state index in [0.29, 0.717) is 0 Å². The van der Waals surface area contributed by atoms with Crippen molar-refractivity contribution in [1.29, 1.82) is 0 Å². The summed E-state index contributed by atoms with van der Waals surface area (Å²) in [6.07, 6.45) is 2.55. The maximum atomic E-state index is 12.7. The molecule has 3 rings (SSSR count). The van der Waals surface area contributed by atoms with Gasteiger partial charge in [0.1, 0.15) is 15.9 Å². The number of amides is 4. The number of carbonyl (C=O) groups excluding carboxylic acids is 4. The predicted octanol–water partition coefficient (Wildman–Crippen LogP) is -0.519. The fourth-order valence-corrected chi connectivity index (χ4v) is 3.64. The van der Waals surface area contributed by atoms with E-state index in [0.717, 1.165) is 24.0 Å². The van der Waals surface area contributed by atoms with Crippen LogP contribution in [-0.2, 0) is 19.4 Å². The standard InChI is InChI=1S/C18H21N3O6S/c1-28(26,27)9-8-14(16(23)19-10-15(22)20-11-6-7-11)21-17(24)12-4-2-3-5-13(12)18(21)25/h2-5,11,14H,6-10H2,1H3,(H,19,23)(H,20,22)/t14-/m0/s1. The van der Waals surface area contributed by atoms with E-state index in [4.69, 9.17) is 0 Å². The Morgan fingerprint density at radius 3 is 2.21 bits per heavy atom. The van der Waals surface area contributed by atoms with Gasteiger partial charge in [-0.15, -0.1) is 0 Å². The molecule has 9 nitrogen and oxygen atoms in total. The van der Waals surface area contributed by atoms with Gasteiger partial charge in [0, 0.05) is 12.3 Å². The highest BCUT2D eigenvalue weighted by molar-refractivity contribution is 7.90. The molecule has 1 aromatic carbocycles. The minimum absolute atomic E-state index is 0.127. The quantitative estimate of drug-likeness (QED) is 0.558. The highest BCUT2D eigenvalue weighted by Crippen LogP contribution is 2.26. The van der Waals surface area contributed by atoms with Crippen molar-refractivity contribution in [3.63, 3.8) is 0 Å². The Kier molecular flexibility index (Phi) is 5.50. The molecule has 1 saturated carbocycles. The van der Waals surface area contributed by atoms with Gasteiger partial charge < -0.3 is 10.6 Å². The van der Waals surface area contributed by atoms with Gasteiger partial charge >= 0.3 is 0 Å². The highest BCUT2D eigenvalue weighted by Gasteiger charge is 2.42. The zero-order valence-electron chi connectivity index (χ0n) is 15.3. The second-order valence-electron chi connectivity index (χ2n) is 7.02. The number of nitrogens with one attached hydrogen (secondary N) is 2. The van der Waals surface area contributed by atoms with Gasteiger partial charge in [0.25, 0.3) is 11.8 Å². The van der Waals surface area contributed by atoms with E-state index in [1.165, 1.54) is 12.1 Å². The van der Waals surface area contributed by atoms with E-state index in [1.807, 2.05) is 0 Å². The molecule has 2 aliphatic rings. The van der Waals surface area contributed by atoms with Crippen molar-refractivity contribution >= 4 is 33.5 Å². The van der Waals surface area contributed by atoms with Crippen LogP contribution < -0.4 is 10.6 Å². The summed E-state index contributed by atoms with van der Waals surface area (Å²) in [4.78, 5) is 50.6. The Balaban J connectivity index is 1.76. The van der Waals surface area contributed by atoms with Gasteiger partial charge in [-0.2, -0.15) is 0 Å². The number of carbonyl (C=O) groups is 4. The summed E-state index contributed by atoms with van der Waals surface area (Å²) in [6.45, 7) is -0.312. The second-order valence-corrected chi connectivity index (χ2v) is 9.28. The summed E-state index contributed by atoms with van der Waals surface area (Å²) in [7, 11) is -3.43. The van der Waals surface area contributed by atoms with Crippen LogP contribution in [0.15, 0.2) is 24.3 Å². The number of fused-ring (bicyclic) bond motifs is 1. The maximum absolute atomic E-state index is 12.7. The minimum atomic E-state index is -3.43. The van der Waals surface area contributed by atoms with E-state index in [-0.39, 0.29) is 41.8 Å². The van der Waals surface area contributed by atoms with Crippen molar-refractivity contribution in [2.24, 2.45) is 0 Å². The molecule has 1 aliphatic heterocycles. The number of sulfone groups is 1. The van der Waals surface area contributed by atoms with Gasteiger partial charge in [0.05, 0.1) is 23.4 Å². The molecule has 1 atom stereocenters. The topological polar surface area (TPSA) is 130 Å². The third-order valence-corrected chi connectivity index (χ3v) is 5.54. The molecule has 0 spiro atoms. The fraction of sp³-hybridized carbons (Fsp3) is 0.444. The van der Waals surface area contributed by atoms with Crippen molar-refractivity contribution in [1.82, 2.24) is 15.5 Å². The lowest BCUT2D eigenvalue weighted by Crippen LogP contribution is -2.52. The summed E-state index contributed by atoms with van der Waals surface area (Å²) in [5.41, 5.74) is 0.326. The molecule has 1 fully saturated rings. The predicted molar refractivity (Wildman–Crippen MR) is 99.2 cm³/mol. The summed E-state index contributed by atoms with van der Waals surface area (Å²) in [5.74, 6) is -2.82. The van der Waals surface area contributed by atoms with E-state index in [2.05, 4.69) is 10.6 Å². The molecule has 150 valence electrons. The van der Waals surface area contributed by atoms with Gasteiger partial charge in [0.2, 0.25) is 11.8 Å². The molecule has 2 N–H and O–H groups in total. The van der Waals surface area contributed by atoms with Gasteiger partial charge in [0.15, 0.2) is 0 Å². The van der Waals surface area contributed by atoms with Crippen molar-refractivity contribution in [2.45, 2.75) is 31.3 Å². The molecule has 28 heavy (non-hydrogen) atoms. The van der Waals surface area contributed by atoms with Crippen LogP contribution in [0.1, 0.15) is 40.0 Å². The monoisotopic (exact) mass is 407 g/mol. The second kappa shape index (κ2) is 7.70. The Morgan fingerprint density at radius 1 is 1.14 bits per heavy atom. The fourth-order valence-electron chi connectivity index (χ4n) is 2.99. The lowest BCUT2D eigenvalue weighted by molar-refractivity contribution is -0.128. The molecule has 0 aromatic heterocycles. The van der Waals surface area contributed by atoms with Crippen LogP contribution in [-0.4, -0.2) is 67.6 Å². The first-order chi connectivity index (χ1) is 13.2. The third-order valence-electron chi connectivity index (χ3n) is 4.57. The summed E-state index contributed by atoms with van der Waals surface area (Å²) in [6, 6.07) is 4.95. The first-order valence-electron chi connectivity index (χ1n) is 8.89. The smallest absolute Gasteiger partial charge is 0.262 e. The Hall–Kier alpha value is -2.75. The molecule has 4 amide bonds. The molecule has 1 aromatic rings. The molecule has 1 aliphatic carbocycles. The summed E-state index contributed by atoms with van der Waals surface area (Å²) >= 11 is 0. The third kappa shape index (κ3) is 4.56. The number of benzene rings is 1. The van der Waals surface area contributed by atoms with Crippen LogP contribution in [0.3, 0.4) is 0 Å². The molecular weight excluding hydrogens is 386 g/mol. The van der Waals surface area contributed by atoms with Crippen LogP contribution in [0.2, 0.25) is 0 Å². The molecular formula is C18H21N3O6S. The van der Waals surface area contributed by atoms with Crippen LogP contribution in [0.5, 0.6) is 0 Å². The summed E-state index contributed by atoms with van der Waals surface area (Å²) < 4.78 is 23.1. The van der Waals surface area contributed by atoms with Crippen LogP contribution in [0, 0.1) is 0 Å². The van der Waals surface area contributed by atoms with E-state index < -0.39 is 33.6 Å². The SMILES string of the molecule is CS(=O)(=O)CC[C@@H](C(=O)NCC(=O)NC1CC1)N1C(=O)c2ccccc2C1=O. The first-order valence-corrected chi connectivity index (χ1v) is 10.9. The lowest BCUT2D eigenvalue weighted by Gasteiger charge is -2.25. The lowest BCUT2D eigenvalue weighted by atomic mass is 10.1. The van der Waals surface area contributed by atoms with Gasteiger partial charge in [-0.25, -0.2) is 8.42 Å². The average Bonchev–Trinajstić information content (AvgIpc) is 3.41. The Morgan fingerprint density at radius 2 is 1.71 bits per heavy atom.